The Bertz CT molecular complexity index is 729. The normalized spacial score (nSPS) is 10.5. The molecule has 116 valence electrons. The second-order valence-electron chi connectivity index (χ2n) is 5.98. The van der Waals surface area contributed by atoms with Crippen LogP contribution in [-0.4, -0.2) is 6.54 Å². The fourth-order valence-electron chi connectivity index (χ4n) is 2.76. The van der Waals surface area contributed by atoms with Gasteiger partial charge in [-0.05, 0) is 42.5 Å². The lowest BCUT2D eigenvalue weighted by Gasteiger charge is -2.12. The van der Waals surface area contributed by atoms with Crippen LogP contribution in [0.25, 0.3) is 0 Å². The van der Waals surface area contributed by atoms with Gasteiger partial charge in [0.15, 0.2) is 0 Å². The van der Waals surface area contributed by atoms with Crippen LogP contribution < -0.4 is 5.32 Å². The van der Waals surface area contributed by atoms with E-state index >= 15 is 0 Å². The van der Waals surface area contributed by atoms with Gasteiger partial charge >= 0.3 is 0 Å². The monoisotopic (exact) mass is 301 g/mol. The SMILES string of the molecule is Cc1ccc(CCNc2ccccc2Cc2ccccc2)cc1. The molecular weight excluding hydrogens is 278 g/mol. The van der Waals surface area contributed by atoms with Gasteiger partial charge in [-0.15, -0.1) is 0 Å². The molecule has 0 spiro atoms. The minimum absolute atomic E-state index is 0.953. The molecule has 0 saturated heterocycles. The minimum atomic E-state index is 0.953. The summed E-state index contributed by atoms with van der Waals surface area (Å²) in [5, 5.41) is 3.60. The van der Waals surface area contributed by atoms with E-state index in [4.69, 9.17) is 0 Å². The Labute approximate surface area is 139 Å². The van der Waals surface area contributed by atoms with Crippen molar-refractivity contribution in [1.82, 2.24) is 0 Å². The van der Waals surface area contributed by atoms with Crippen molar-refractivity contribution in [1.29, 1.82) is 0 Å². The van der Waals surface area contributed by atoms with Crippen molar-refractivity contribution in [3.8, 4) is 0 Å². The molecule has 0 aliphatic carbocycles. The molecule has 0 saturated carbocycles. The van der Waals surface area contributed by atoms with Crippen molar-refractivity contribution in [2.24, 2.45) is 0 Å². The second-order valence-corrected chi connectivity index (χ2v) is 5.98. The summed E-state index contributed by atoms with van der Waals surface area (Å²) in [4.78, 5) is 0. The van der Waals surface area contributed by atoms with E-state index in [0.29, 0.717) is 0 Å². The molecule has 3 aromatic rings. The number of rotatable bonds is 6. The summed E-state index contributed by atoms with van der Waals surface area (Å²) in [6, 6.07) is 28.0. The fourth-order valence-corrected chi connectivity index (χ4v) is 2.76. The Hall–Kier alpha value is -2.54. The number of benzene rings is 3. The van der Waals surface area contributed by atoms with Crippen LogP contribution in [0.1, 0.15) is 22.3 Å². The van der Waals surface area contributed by atoms with E-state index in [1.165, 1.54) is 27.9 Å². The first-order chi connectivity index (χ1) is 11.3. The molecule has 0 bridgehead atoms. The number of aryl methyl sites for hydroxylation is 1. The number of nitrogens with one attached hydrogen (secondary N) is 1. The van der Waals surface area contributed by atoms with Crippen LogP contribution in [0, 0.1) is 6.92 Å². The van der Waals surface area contributed by atoms with Crippen molar-refractivity contribution in [2.75, 3.05) is 11.9 Å². The molecule has 0 aromatic heterocycles. The predicted octanol–water partition coefficient (Wildman–Crippen LogP) is 5.24. The van der Waals surface area contributed by atoms with E-state index < -0.39 is 0 Å². The van der Waals surface area contributed by atoms with Crippen LogP contribution in [0.15, 0.2) is 78.9 Å². The third-order valence-electron chi connectivity index (χ3n) is 4.10. The Balaban J connectivity index is 1.62. The van der Waals surface area contributed by atoms with Crippen molar-refractivity contribution in [3.05, 3.63) is 101 Å². The maximum Gasteiger partial charge on any atom is 0.0376 e. The molecule has 0 amide bonds. The summed E-state index contributed by atoms with van der Waals surface area (Å²) in [5.74, 6) is 0. The summed E-state index contributed by atoms with van der Waals surface area (Å²) in [7, 11) is 0. The van der Waals surface area contributed by atoms with E-state index in [2.05, 4.69) is 91.1 Å². The van der Waals surface area contributed by atoms with Gasteiger partial charge in [-0.3, -0.25) is 0 Å². The minimum Gasteiger partial charge on any atom is -0.384 e. The lowest BCUT2D eigenvalue weighted by Crippen LogP contribution is -2.07. The van der Waals surface area contributed by atoms with Gasteiger partial charge in [0.25, 0.3) is 0 Å². The highest BCUT2D eigenvalue weighted by molar-refractivity contribution is 5.52. The number of anilines is 1. The molecule has 1 heteroatoms. The van der Waals surface area contributed by atoms with Gasteiger partial charge < -0.3 is 5.32 Å². The molecule has 0 aliphatic heterocycles. The van der Waals surface area contributed by atoms with E-state index in [0.717, 1.165) is 19.4 Å². The van der Waals surface area contributed by atoms with Crippen LogP contribution in [0.5, 0.6) is 0 Å². The van der Waals surface area contributed by atoms with Crippen LogP contribution in [0.2, 0.25) is 0 Å². The van der Waals surface area contributed by atoms with Gasteiger partial charge in [0.2, 0.25) is 0 Å². The average Bonchev–Trinajstić information content (AvgIpc) is 2.59. The first-order valence-electron chi connectivity index (χ1n) is 8.22. The summed E-state index contributed by atoms with van der Waals surface area (Å²) in [6.45, 7) is 3.08. The highest BCUT2D eigenvalue weighted by atomic mass is 14.9. The quantitative estimate of drug-likeness (QED) is 0.656. The van der Waals surface area contributed by atoms with Crippen LogP contribution in [0.4, 0.5) is 5.69 Å². The molecule has 3 rings (SSSR count). The first-order valence-corrected chi connectivity index (χ1v) is 8.22. The van der Waals surface area contributed by atoms with Gasteiger partial charge in [-0.2, -0.15) is 0 Å². The number of hydrogen-bond donors (Lipinski definition) is 1. The summed E-state index contributed by atoms with van der Waals surface area (Å²) in [6.07, 6.45) is 2.01. The zero-order chi connectivity index (χ0) is 15.9. The zero-order valence-corrected chi connectivity index (χ0v) is 13.6. The third kappa shape index (κ3) is 4.46. The Morgan fingerprint density at radius 3 is 2.17 bits per heavy atom. The maximum absolute atomic E-state index is 3.60. The van der Waals surface area contributed by atoms with Gasteiger partial charge in [0.1, 0.15) is 0 Å². The number of hydrogen-bond acceptors (Lipinski definition) is 1. The molecule has 3 aromatic carbocycles. The van der Waals surface area contributed by atoms with E-state index in [1.54, 1.807) is 0 Å². The van der Waals surface area contributed by atoms with Crippen molar-refractivity contribution < 1.29 is 0 Å². The van der Waals surface area contributed by atoms with Crippen LogP contribution in [-0.2, 0) is 12.8 Å². The van der Waals surface area contributed by atoms with E-state index in [9.17, 15) is 0 Å². The van der Waals surface area contributed by atoms with Crippen LogP contribution >= 0.6 is 0 Å². The highest BCUT2D eigenvalue weighted by Gasteiger charge is 2.02. The molecule has 0 radical (unpaired) electrons. The largest absolute Gasteiger partial charge is 0.384 e. The molecule has 0 unspecified atom stereocenters. The smallest absolute Gasteiger partial charge is 0.0376 e. The molecule has 0 aliphatic rings. The summed E-state index contributed by atoms with van der Waals surface area (Å²) < 4.78 is 0. The average molecular weight is 301 g/mol. The highest BCUT2D eigenvalue weighted by Crippen LogP contribution is 2.19. The molecule has 1 N–H and O–H groups in total. The van der Waals surface area contributed by atoms with Crippen molar-refractivity contribution in [2.45, 2.75) is 19.8 Å². The molecule has 0 atom stereocenters. The molecule has 0 heterocycles. The van der Waals surface area contributed by atoms with Crippen molar-refractivity contribution >= 4 is 5.69 Å². The Morgan fingerprint density at radius 2 is 1.39 bits per heavy atom. The van der Waals surface area contributed by atoms with Crippen molar-refractivity contribution in [3.63, 3.8) is 0 Å². The number of para-hydroxylation sites is 1. The Kier molecular flexibility index (Phi) is 5.10. The first kappa shape index (κ1) is 15.4. The van der Waals surface area contributed by atoms with Gasteiger partial charge in [-0.25, -0.2) is 0 Å². The van der Waals surface area contributed by atoms with Gasteiger partial charge in [0.05, 0.1) is 0 Å². The molecule has 0 fully saturated rings. The maximum atomic E-state index is 3.60. The van der Waals surface area contributed by atoms with Gasteiger partial charge in [-0.1, -0.05) is 78.4 Å². The zero-order valence-electron chi connectivity index (χ0n) is 13.6. The topological polar surface area (TPSA) is 12.0 Å². The third-order valence-corrected chi connectivity index (χ3v) is 4.10. The predicted molar refractivity (Wildman–Crippen MR) is 99.1 cm³/mol. The van der Waals surface area contributed by atoms with E-state index in [1.807, 2.05) is 0 Å². The molecule has 1 nitrogen and oxygen atoms in total. The van der Waals surface area contributed by atoms with Gasteiger partial charge in [0, 0.05) is 12.2 Å². The second kappa shape index (κ2) is 7.64. The molecular formula is C22H23N. The van der Waals surface area contributed by atoms with E-state index in [-0.39, 0.29) is 0 Å². The fraction of sp³-hybridized carbons (Fsp3) is 0.182. The summed E-state index contributed by atoms with van der Waals surface area (Å²) in [5.41, 5.74) is 6.63. The summed E-state index contributed by atoms with van der Waals surface area (Å²) >= 11 is 0. The standard InChI is InChI=1S/C22H23N/c1-18-11-13-19(14-12-18)15-16-23-22-10-6-5-9-21(22)17-20-7-3-2-4-8-20/h2-14,23H,15-17H2,1H3. The lowest BCUT2D eigenvalue weighted by atomic mass is 10.0. The lowest BCUT2D eigenvalue weighted by molar-refractivity contribution is 1.01. The molecule has 23 heavy (non-hydrogen) atoms. The van der Waals surface area contributed by atoms with Crippen LogP contribution in [0.3, 0.4) is 0 Å². The Morgan fingerprint density at radius 1 is 0.696 bits per heavy atom.